The molecule has 1 N–H and O–H groups in total. The molecular formula is C15H22ClN3OS. The zero-order chi connectivity index (χ0) is 14.9. The first-order chi connectivity index (χ1) is 10.1. The van der Waals surface area contributed by atoms with Crippen LogP contribution >= 0.6 is 22.9 Å². The predicted molar refractivity (Wildman–Crippen MR) is 86.8 cm³/mol. The maximum Gasteiger partial charge on any atom is 0.229 e. The van der Waals surface area contributed by atoms with Crippen molar-refractivity contribution < 1.29 is 4.79 Å². The van der Waals surface area contributed by atoms with Crippen LogP contribution in [0.15, 0.2) is 12.1 Å². The van der Waals surface area contributed by atoms with Gasteiger partial charge in [0.1, 0.15) is 0 Å². The lowest BCUT2D eigenvalue weighted by molar-refractivity contribution is -0.142. The highest BCUT2D eigenvalue weighted by Crippen LogP contribution is 2.28. The van der Waals surface area contributed by atoms with E-state index < -0.39 is 0 Å². The molecule has 0 bridgehead atoms. The summed E-state index contributed by atoms with van der Waals surface area (Å²) in [4.78, 5) is 18.4. The Morgan fingerprint density at radius 1 is 1.38 bits per heavy atom. The number of nitrogens with one attached hydrogen (secondary N) is 1. The summed E-state index contributed by atoms with van der Waals surface area (Å²) >= 11 is 7.62. The van der Waals surface area contributed by atoms with Gasteiger partial charge < -0.3 is 10.2 Å². The Labute approximate surface area is 135 Å². The predicted octanol–water partition coefficient (Wildman–Crippen LogP) is 2.05. The van der Waals surface area contributed by atoms with Gasteiger partial charge in [-0.2, -0.15) is 0 Å². The third-order valence-corrected chi connectivity index (χ3v) is 5.77. The third-order valence-electron chi connectivity index (χ3n) is 4.55. The molecule has 1 atom stereocenters. The number of nitrogens with zero attached hydrogens (tertiary/aromatic N) is 2. The first kappa shape index (κ1) is 15.3. The summed E-state index contributed by atoms with van der Waals surface area (Å²) < 4.78 is 0.848. The summed E-state index contributed by atoms with van der Waals surface area (Å²) in [6, 6.07) is 4.05. The first-order valence-corrected chi connectivity index (χ1v) is 8.73. The summed E-state index contributed by atoms with van der Waals surface area (Å²) in [5.74, 6) is 0.325. The molecule has 21 heavy (non-hydrogen) atoms. The van der Waals surface area contributed by atoms with Gasteiger partial charge in [-0.05, 0) is 32.0 Å². The van der Waals surface area contributed by atoms with Crippen molar-refractivity contribution in [3.05, 3.63) is 21.3 Å². The molecule has 116 valence electrons. The normalized spacial score (nSPS) is 27.2. The molecule has 0 aromatic carbocycles. The van der Waals surface area contributed by atoms with Crippen molar-refractivity contribution in [3.8, 4) is 0 Å². The van der Waals surface area contributed by atoms with E-state index in [0.717, 1.165) is 56.6 Å². The minimum Gasteiger partial charge on any atom is -0.340 e. The van der Waals surface area contributed by atoms with E-state index in [2.05, 4.69) is 23.2 Å². The molecule has 0 aliphatic carbocycles. The van der Waals surface area contributed by atoms with E-state index in [9.17, 15) is 4.79 Å². The SMILES string of the molecule is CC1(C(=O)N2CCN(Cc3ccc(Cl)s3)CC2)CCNC1. The topological polar surface area (TPSA) is 35.6 Å². The van der Waals surface area contributed by atoms with Crippen molar-refractivity contribution in [2.75, 3.05) is 39.3 Å². The van der Waals surface area contributed by atoms with E-state index in [4.69, 9.17) is 11.6 Å². The van der Waals surface area contributed by atoms with Gasteiger partial charge in [-0.15, -0.1) is 11.3 Å². The molecule has 0 saturated carbocycles. The molecular weight excluding hydrogens is 306 g/mol. The van der Waals surface area contributed by atoms with Gasteiger partial charge in [-0.3, -0.25) is 9.69 Å². The number of hydrogen-bond acceptors (Lipinski definition) is 4. The molecule has 6 heteroatoms. The van der Waals surface area contributed by atoms with Crippen molar-refractivity contribution in [1.82, 2.24) is 15.1 Å². The first-order valence-electron chi connectivity index (χ1n) is 7.53. The number of amides is 1. The average Bonchev–Trinajstić information content (AvgIpc) is 3.09. The maximum atomic E-state index is 12.6. The number of hydrogen-bond donors (Lipinski definition) is 1. The second-order valence-electron chi connectivity index (χ2n) is 6.26. The van der Waals surface area contributed by atoms with Crippen LogP contribution in [0.25, 0.3) is 0 Å². The Kier molecular flexibility index (Phi) is 4.54. The summed E-state index contributed by atoms with van der Waals surface area (Å²) in [5.41, 5.74) is -0.191. The van der Waals surface area contributed by atoms with Crippen molar-refractivity contribution in [1.29, 1.82) is 0 Å². The summed E-state index contributed by atoms with van der Waals surface area (Å²) in [5, 5.41) is 3.31. The third kappa shape index (κ3) is 3.42. The Hall–Kier alpha value is -0.620. The van der Waals surface area contributed by atoms with Crippen molar-refractivity contribution in [2.24, 2.45) is 5.41 Å². The van der Waals surface area contributed by atoms with Gasteiger partial charge in [0.05, 0.1) is 9.75 Å². The minimum absolute atomic E-state index is 0.191. The molecule has 2 aliphatic heterocycles. The molecule has 1 amide bonds. The molecule has 2 saturated heterocycles. The molecule has 3 heterocycles. The van der Waals surface area contributed by atoms with E-state index in [1.165, 1.54) is 4.88 Å². The van der Waals surface area contributed by atoms with Gasteiger partial charge in [0, 0.05) is 44.1 Å². The van der Waals surface area contributed by atoms with Gasteiger partial charge in [-0.25, -0.2) is 0 Å². The Balaban J connectivity index is 1.52. The van der Waals surface area contributed by atoms with Gasteiger partial charge in [0.2, 0.25) is 5.91 Å². The van der Waals surface area contributed by atoms with Crippen molar-refractivity contribution in [3.63, 3.8) is 0 Å². The molecule has 1 aromatic heterocycles. The highest BCUT2D eigenvalue weighted by molar-refractivity contribution is 7.16. The fourth-order valence-corrected chi connectivity index (χ4v) is 4.28. The Bertz CT molecular complexity index is 505. The fraction of sp³-hybridized carbons (Fsp3) is 0.667. The molecule has 2 aliphatic rings. The number of piperazine rings is 1. The zero-order valence-electron chi connectivity index (χ0n) is 12.4. The van der Waals surface area contributed by atoms with E-state index in [1.54, 1.807) is 11.3 Å². The van der Waals surface area contributed by atoms with Crippen LogP contribution in [0.3, 0.4) is 0 Å². The van der Waals surface area contributed by atoms with Crippen molar-refractivity contribution >= 4 is 28.8 Å². The molecule has 1 aromatic rings. The summed E-state index contributed by atoms with van der Waals surface area (Å²) in [7, 11) is 0. The quantitative estimate of drug-likeness (QED) is 0.923. The second-order valence-corrected chi connectivity index (χ2v) is 8.06. The number of carbonyl (C=O) groups is 1. The van der Waals surface area contributed by atoms with Gasteiger partial charge >= 0.3 is 0 Å². The van der Waals surface area contributed by atoms with E-state index >= 15 is 0 Å². The van der Waals surface area contributed by atoms with E-state index in [-0.39, 0.29) is 5.41 Å². The smallest absolute Gasteiger partial charge is 0.229 e. The standard InChI is InChI=1S/C15H22ClN3OS/c1-15(4-5-17-11-15)14(20)19-8-6-18(7-9-19)10-12-2-3-13(16)21-12/h2-3,17H,4-11H2,1H3. The average molecular weight is 328 g/mol. The molecule has 0 radical (unpaired) electrons. The number of carbonyl (C=O) groups excluding carboxylic acids is 1. The summed E-state index contributed by atoms with van der Waals surface area (Å²) in [6.07, 6.45) is 0.958. The van der Waals surface area contributed by atoms with Crippen LogP contribution in [0.2, 0.25) is 4.34 Å². The number of rotatable bonds is 3. The Morgan fingerprint density at radius 3 is 2.71 bits per heavy atom. The molecule has 4 nitrogen and oxygen atoms in total. The zero-order valence-corrected chi connectivity index (χ0v) is 14.0. The maximum absolute atomic E-state index is 12.6. The second kappa shape index (κ2) is 6.24. The lowest BCUT2D eigenvalue weighted by atomic mass is 9.88. The number of thiophene rings is 1. The largest absolute Gasteiger partial charge is 0.340 e. The summed E-state index contributed by atoms with van der Waals surface area (Å²) in [6.45, 7) is 8.39. The van der Waals surface area contributed by atoms with Crippen LogP contribution in [-0.4, -0.2) is 55.0 Å². The van der Waals surface area contributed by atoms with Crippen LogP contribution in [0, 0.1) is 5.41 Å². The monoisotopic (exact) mass is 327 g/mol. The highest BCUT2D eigenvalue weighted by Gasteiger charge is 2.39. The van der Waals surface area contributed by atoms with Crippen LogP contribution in [0.5, 0.6) is 0 Å². The van der Waals surface area contributed by atoms with E-state index in [0.29, 0.717) is 5.91 Å². The van der Waals surface area contributed by atoms with Crippen LogP contribution in [0.1, 0.15) is 18.2 Å². The van der Waals surface area contributed by atoms with Crippen LogP contribution in [-0.2, 0) is 11.3 Å². The van der Waals surface area contributed by atoms with Crippen LogP contribution in [0.4, 0.5) is 0 Å². The minimum atomic E-state index is -0.191. The van der Waals surface area contributed by atoms with Crippen molar-refractivity contribution in [2.45, 2.75) is 19.9 Å². The van der Waals surface area contributed by atoms with Crippen LogP contribution < -0.4 is 5.32 Å². The lowest BCUT2D eigenvalue weighted by Crippen LogP contribution is -2.52. The Morgan fingerprint density at radius 2 is 2.14 bits per heavy atom. The lowest BCUT2D eigenvalue weighted by Gasteiger charge is -2.38. The molecule has 3 rings (SSSR count). The highest BCUT2D eigenvalue weighted by atomic mass is 35.5. The van der Waals surface area contributed by atoms with Gasteiger partial charge in [0.15, 0.2) is 0 Å². The van der Waals surface area contributed by atoms with Gasteiger partial charge in [-0.1, -0.05) is 11.6 Å². The fourth-order valence-electron chi connectivity index (χ4n) is 3.15. The molecule has 2 fully saturated rings. The van der Waals surface area contributed by atoms with Gasteiger partial charge in [0.25, 0.3) is 0 Å². The number of halogens is 1. The molecule has 1 unspecified atom stereocenters. The van der Waals surface area contributed by atoms with E-state index in [1.807, 2.05) is 11.0 Å². The molecule has 0 spiro atoms.